The summed E-state index contributed by atoms with van der Waals surface area (Å²) in [6.45, 7) is 6.29. The molecular formula is C15H20N4O2. The first kappa shape index (κ1) is 13.9. The average molecular weight is 288 g/mol. The number of benzene rings is 1. The van der Waals surface area contributed by atoms with Gasteiger partial charge in [0.25, 0.3) is 0 Å². The molecule has 6 nitrogen and oxygen atoms in total. The minimum absolute atomic E-state index is 0.424. The smallest absolute Gasteiger partial charge is 0.163 e. The molecule has 0 spiro atoms. The molecule has 0 saturated carbocycles. The van der Waals surface area contributed by atoms with Gasteiger partial charge in [-0.3, -0.25) is 0 Å². The number of hydrogen-bond donors (Lipinski definition) is 1. The van der Waals surface area contributed by atoms with E-state index in [1.165, 1.54) is 0 Å². The van der Waals surface area contributed by atoms with Crippen molar-refractivity contribution >= 4 is 0 Å². The number of hydrogen-bond acceptors (Lipinski definition) is 5. The van der Waals surface area contributed by atoms with Crippen molar-refractivity contribution in [1.82, 2.24) is 20.3 Å². The second-order valence-electron chi connectivity index (χ2n) is 5.37. The minimum atomic E-state index is 0.424. The van der Waals surface area contributed by atoms with Gasteiger partial charge in [0.05, 0.1) is 30.8 Å². The molecule has 6 heteroatoms. The van der Waals surface area contributed by atoms with Crippen LogP contribution in [0.4, 0.5) is 0 Å². The predicted molar refractivity (Wildman–Crippen MR) is 78.9 cm³/mol. The molecule has 1 aliphatic heterocycles. The Kier molecular flexibility index (Phi) is 4.06. The summed E-state index contributed by atoms with van der Waals surface area (Å²) >= 11 is 0. The van der Waals surface area contributed by atoms with E-state index in [1.54, 1.807) is 4.68 Å². The molecule has 0 unspecified atom stereocenters. The quantitative estimate of drug-likeness (QED) is 0.931. The zero-order valence-corrected chi connectivity index (χ0v) is 12.4. The van der Waals surface area contributed by atoms with Crippen LogP contribution < -0.4 is 14.8 Å². The molecule has 0 atom stereocenters. The van der Waals surface area contributed by atoms with E-state index in [4.69, 9.17) is 9.47 Å². The zero-order chi connectivity index (χ0) is 14.7. The van der Waals surface area contributed by atoms with Crippen LogP contribution in [0.3, 0.4) is 0 Å². The maximum Gasteiger partial charge on any atom is 0.163 e. The highest BCUT2D eigenvalue weighted by molar-refractivity contribution is 5.48. The monoisotopic (exact) mass is 288 g/mol. The van der Waals surface area contributed by atoms with Gasteiger partial charge in [-0.1, -0.05) is 19.1 Å². The highest BCUT2D eigenvalue weighted by Crippen LogP contribution is 2.31. The molecule has 1 aliphatic rings. The zero-order valence-electron chi connectivity index (χ0n) is 12.4. The fraction of sp³-hybridized carbons (Fsp3) is 0.467. The van der Waals surface area contributed by atoms with E-state index in [2.05, 4.69) is 29.5 Å². The van der Waals surface area contributed by atoms with Gasteiger partial charge in [0.1, 0.15) is 0 Å². The van der Waals surface area contributed by atoms with Gasteiger partial charge in [0.15, 0.2) is 11.5 Å². The van der Waals surface area contributed by atoms with Crippen molar-refractivity contribution in [3.05, 3.63) is 30.1 Å². The van der Waals surface area contributed by atoms with E-state index in [0.29, 0.717) is 25.8 Å². The number of nitrogens with zero attached hydrogens (tertiary/aromatic N) is 3. The Hall–Kier alpha value is -2.08. The number of fused-ring (bicyclic) bond motifs is 1. The van der Waals surface area contributed by atoms with Gasteiger partial charge in [-0.2, -0.15) is 0 Å². The summed E-state index contributed by atoms with van der Waals surface area (Å²) in [4.78, 5) is 0. The molecule has 0 saturated heterocycles. The molecule has 2 heterocycles. The van der Waals surface area contributed by atoms with E-state index < -0.39 is 0 Å². The summed E-state index contributed by atoms with van der Waals surface area (Å²) in [5.41, 5.74) is 1.83. The molecule has 112 valence electrons. The number of nitrogens with one attached hydrogen (secondary N) is 1. The molecule has 0 fully saturated rings. The van der Waals surface area contributed by atoms with Crippen LogP contribution >= 0.6 is 0 Å². The van der Waals surface area contributed by atoms with Crippen molar-refractivity contribution < 1.29 is 9.47 Å². The second kappa shape index (κ2) is 6.13. The summed E-state index contributed by atoms with van der Waals surface area (Å²) in [6, 6.07) is 6.24. The van der Waals surface area contributed by atoms with Gasteiger partial charge in [0, 0.05) is 25.1 Å². The third kappa shape index (κ3) is 3.33. The highest BCUT2D eigenvalue weighted by Gasteiger charge is 2.12. The summed E-state index contributed by atoms with van der Waals surface area (Å²) in [5.74, 6) is 1.56. The highest BCUT2D eigenvalue weighted by atomic mass is 16.5. The molecule has 2 aromatic rings. The molecule has 3 rings (SSSR count). The predicted octanol–water partition coefficient (Wildman–Crippen LogP) is 1.93. The number of ether oxygens (including phenoxy) is 2. The van der Waals surface area contributed by atoms with E-state index in [9.17, 15) is 0 Å². The van der Waals surface area contributed by atoms with Crippen molar-refractivity contribution in [2.45, 2.75) is 32.9 Å². The van der Waals surface area contributed by atoms with Crippen LogP contribution in [0.25, 0.3) is 5.69 Å². The normalized spacial score (nSPS) is 14.2. The van der Waals surface area contributed by atoms with Gasteiger partial charge in [-0.15, -0.1) is 5.10 Å². The largest absolute Gasteiger partial charge is 0.490 e. The molecule has 1 aromatic carbocycles. The Bertz CT molecular complexity index is 609. The van der Waals surface area contributed by atoms with Gasteiger partial charge in [-0.05, 0) is 12.1 Å². The fourth-order valence-corrected chi connectivity index (χ4v) is 2.11. The van der Waals surface area contributed by atoms with Crippen LogP contribution in [0.2, 0.25) is 0 Å². The average Bonchev–Trinajstić information content (AvgIpc) is 2.82. The summed E-state index contributed by atoms with van der Waals surface area (Å²) < 4.78 is 13.1. The third-order valence-corrected chi connectivity index (χ3v) is 3.23. The van der Waals surface area contributed by atoms with E-state index in [0.717, 1.165) is 29.3 Å². The maximum absolute atomic E-state index is 5.70. The third-order valence-electron chi connectivity index (χ3n) is 3.23. The molecule has 0 aliphatic carbocycles. The molecule has 21 heavy (non-hydrogen) atoms. The Morgan fingerprint density at radius 2 is 2.05 bits per heavy atom. The Morgan fingerprint density at radius 1 is 1.24 bits per heavy atom. The van der Waals surface area contributed by atoms with E-state index >= 15 is 0 Å². The van der Waals surface area contributed by atoms with Crippen molar-refractivity contribution in [2.24, 2.45) is 0 Å². The SMILES string of the molecule is CC(C)NCc1cn(-c2ccc3c(c2)OCCCO3)nn1. The van der Waals surface area contributed by atoms with Gasteiger partial charge < -0.3 is 14.8 Å². The lowest BCUT2D eigenvalue weighted by molar-refractivity contribution is 0.297. The van der Waals surface area contributed by atoms with Crippen LogP contribution in [0.5, 0.6) is 11.5 Å². The van der Waals surface area contributed by atoms with Gasteiger partial charge >= 0.3 is 0 Å². The fourth-order valence-electron chi connectivity index (χ4n) is 2.11. The lowest BCUT2D eigenvalue weighted by Gasteiger charge is -2.08. The van der Waals surface area contributed by atoms with Crippen molar-refractivity contribution in [3.8, 4) is 17.2 Å². The van der Waals surface area contributed by atoms with Crippen LogP contribution in [-0.2, 0) is 6.54 Å². The lowest BCUT2D eigenvalue weighted by atomic mass is 10.2. The summed E-state index contributed by atoms with van der Waals surface area (Å²) in [7, 11) is 0. The van der Waals surface area contributed by atoms with Crippen LogP contribution in [0, 0.1) is 0 Å². The molecule has 0 amide bonds. The van der Waals surface area contributed by atoms with Crippen molar-refractivity contribution in [3.63, 3.8) is 0 Å². The van der Waals surface area contributed by atoms with Gasteiger partial charge in [0.2, 0.25) is 0 Å². The standard InChI is InChI=1S/C15H20N4O2/c1-11(2)16-9-12-10-19(18-17-12)13-4-5-14-15(8-13)21-7-3-6-20-14/h4-5,8,10-11,16H,3,6-7,9H2,1-2H3. The van der Waals surface area contributed by atoms with E-state index in [-0.39, 0.29) is 0 Å². The first-order valence-electron chi connectivity index (χ1n) is 7.27. The maximum atomic E-state index is 5.70. The topological polar surface area (TPSA) is 61.2 Å². The Morgan fingerprint density at radius 3 is 2.86 bits per heavy atom. The summed E-state index contributed by atoms with van der Waals surface area (Å²) in [5, 5.41) is 11.7. The lowest BCUT2D eigenvalue weighted by Crippen LogP contribution is -2.21. The number of aromatic nitrogens is 3. The summed E-state index contributed by atoms with van der Waals surface area (Å²) in [6.07, 6.45) is 2.83. The molecule has 0 radical (unpaired) electrons. The van der Waals surface area contributed by atoms with Crippen LogP contribution in [-0.4, -0.2) is 34.2 Å². The molecular weight excluding hydrogens is 268 g/mol. The first-order chi connectivity index (χ1) is 10.2. The molecule has 1 aromatic heterocycles. The number of rotatable bonds is 4. The Balaban J connectivity index is 1.79. The van der Waals surface area contributed by atoms with E-state index in [1.807, 2.05) is 24.4 Å². The minimum Gasteiger partial charge on any atom is -0.490 e. The Labute approximate surface area is 124 Å². The van der Waals surface area contributed by atoms with Crippen molar-refractivity contribution in [1.29, 1.82) is 0 Å². The molecule has 1 N–H and O–H groups in total. The second-order valence-corrected chi connectivity index (χ2v) is 5.37. The molecule has 0 bridgehead atoms. The van der Waals surface area contributed by atoms with Gasteiger partial charge in [-0.25, -0.2) is 4.68 Å². The van der Waals surface area contributed by atoms with Crippen molar-refractivity contribution in [2.75, 3.05) is 13.2 Å². The van der Waals surface area contributed by atoms with Crippen LogP contribution in [0.15, 0.2) is 24.4 Å². The first-order valence-corrected chi connectivity index (χ1v) is 7.27. The van der Waals surface area contributed by atoms with Crippen LogP contribution in [0.1, 0.15) is 26.0 Å².